The minimum atomic E-state index is -0.738. The summed E-state index contributed by atoms with van der Waals surface area (Å²) in [6.07, 6.45) is 2.93. The Labute approximate surface area is 113 Å². The fourth-order valence-electron chi connectivity index (χ4n) is 2.94. The summed E-state index contributed by atoms with van der Waals surface area (Å²) in [5.74, 6) is 0.554. The summed E-state index contributed by atoms with van der Waals surface area (Å²) in [6.45, 7) is 2.14. The van der Waals surface area contributed by atoms with Gasteiger partial charge in [0.05, 0.1) is 17.6 Å². The highest BCUT2D eigenvalue weighted by atomic mass is 35.5. The smallest absolute Gasteiger partial charge is 0.0976 e. The summed E-state index contributed by atoms with van der Waals surface area (Å²) in [7, 11) is 0. The lowest BCUT2D eigenvalue weighted by Crippen LogP contribution is -2.24. The summed E-state index contributed by atoms with van der Waals surface area (Å²) < 4.78 is 0. The molecule has 1 fully saturated rings. The van der Waals surface area contributed by atoms with Crippen molar-refractivity contribution in [2.24, 2.45) is 11.3 Å². The van der Waals surface area contributed by atoms with E-state index in [1.165, 1.54) is 0 Å². The van der Waals surface area contributed by atoms with E-state index < -0.39 is 11.5 Å². The van der Waals surface area contributed by atoms with Gasteiger partial charge in [0.25, 0.3) is 0 Å². The Morgan fingerprint density at radius 1 is 1.61 bits per heavy atom. The zero-order chi connectivity index (χ0) is 13.2. The normalized spacial score (nSPS) is 28.9. The van der Waals surface area contributed by atoms with E-state index in [0.29, 0.717) is 10.9 Å². The number of halogens is 1. The van der Waals surface area contributed by atoms with E-state index in [1.54, 1.807) is 12.1 Å². The van der Waals surface area contributed by atoms with E-state index in [1.807, 2.05) is 12.1 Å². The van der Waals surface area contributed by atoms with Gasteiger partial charge in [-0.15, -0.1) is 0 Å². The minimum Gasteiger partial charge on any atom is -0.387 e. The third-order valence-electron chi connectivity index (χ3n) is 4.14. The number of benzene rings is 1. The van der Waals surface area contributed by atoms with Crippen LogP contribution in [0.4, 0.5) is 0 Å². The molecule has 2 rings (SSSR count). The van der Waals surface area contributed by atoms with Crippen LogP contribution in [0.25, 0.3) is 0 Å². The van der Waals surface area contributed by atoms with Gasteiger partial charge in [-0.25, -0.2) is 0 Å². The van der Waals surface area contributed by atoms with E-state index in [2.05, 4.69) is 13.0 Å². The van der Waals surface area contributed by atoms with E-state index in [4.69, 9.17) is 11.6 Å². The molecule has 1 aliphatic carbocycles. The average Bonchev–Trinajstić information content (AvgIpc) is 2.83. The lowest BCUT2D eigenvalue weighted by Gasteiger charge is -2.27. The average molecular weight is 264 g/mol. The molecular weight excluding hydrogens is 246 g/mol. The van der Waals surface area contributed by atoms with Crippen molar-refractivity contribution in [3.63, 3.8) is 0 Å². The van der Waals surface area contributed by atoms with Crippen molar-refractivity contribution in [3.05, 3.63) is 34.9 Å². The third-order valence-corrected chi connectivity index (χ3v) is 4.37. The predicted octanol–water partition coefficient (Wildman–Crippen LogP) is 4.09. The largest absolute Gasteiger partial charge is 0.387 e. The van der Waals surface area contributed by atoms with Crippen LogP contribution in [0.3, 0.4) is 0 Å². The van der Waals surface area contributed by atoms with Crippen molar-refractivity contribution in [1.29, 1.82) is 5.26 Å². The molecule has 3 unspecified atom stereocenters. The van der Waals surface area contributed by atoms with Crippen molar-refractivity contribution >= 4 is 11.6 Å². The van der Waals surface area contributed by atoms with Crippen LogP contribution >= 0.6 is 11.6 Å². The Bertz CT molecular complexity index is 468. The molecule has 1 N–H and O–H groups in total. The summed E-state index contributed by atoms with van der Waals surface area (Å²) in [6, 6.07) is 9.56. The molecule has 96 valence electrons. The molecule has 0 spiro atoms. The minimum absolute atomic E-state index is 0.554. The third kappa shape index (κ3) is 2.39. The second kappa shape index (κ2) is 5.30. The van der Waals surface area contributed by atoms with Gasteiger partial charge in [-0.1, -0.05) is 37.1 Å². The number of nitriles is 1. The Morgan fingerprint density at radius 3 is 2.94 bits per heavy atom. The molecular formula is C15H18ClNO. The molecule has 0 radical (unpaired) electrons. The molecule has 1 aromatic carbocycles. The molecule has 1 saturated carbocycles. The predicted molar refractivity (Wildman–Crippen MR) is 72.1 cm³/mol. The summed E-state index contributed by atoms with van der Waals surface area (Å²) >= 11 is 5.95. The first-order valence-electron chi connectivity index (χ1n) is 6.46. The van der Waals surface area contributed by atoms with Gasteiger partial charge in [0.15, 0.2) is 0 Å². The first-order chi connectivity index (χ1) is 8.61. The van der Waals surface area contributed by atoms with Crippen LogP contribution in [0.1, 0.15) is 44.3 Å². The number of nitrogens with zero attached hydrogens (tertiary/aromatic N) is 1. The van der Waals surface area contributed by atoms with Gasteiger partial charge in [-0.05, 0) is 42.9 Å². The first kappa shape index (κ1) is 13.4. The highest BCUT2D eigenvalue weighted by molar-refractivity contribution is 6.30. The van der Waals surface area contributed by atoms with Crippen LogP contribution in [0.2, 0.25) is 5.02 Å². The maximum Gasteiger partial charge on any atom is 0.0976 e. The van der Waals surface area contributed by atoms with Crippen LogP contribution in [0, 0.1) is 22.7 Å². The SMILES string of the molecule is CCC1CCC(C#N)(C(O)c2cccc(Cl)c2)C1. The highest BCUT2D eigenvalue weighted by Gasteiger charge is 2.45. The molecule has 0 saturated heterocycles. The maximum absolute atomic E-state index is 10.5. The molecule has 3 heteroatoms. The quantitative estimate of drug-likeness (QED) is 0.892. The molecule has 0 amide bonds. The Balaban J connectivity index is 2.27. The van der Waals surface area contributed by atoms with Crippen molar-refractivity contribution in [1.82, 2.24) is 0 Å². The van der Waals surface area contributed by atoms with Gasteiger partial charge < -0.3 is 5.11 Å². The summed E-state index contributed by atoms with van der Waals surface area (Å²) in [4.78, 5) is 0. The van der Waals surface area contributed by atoms with Gasteiger partial charge >= 0.3 is 0 Å². The van der Waals surface area contributed by atoms with E-state index in [-0.39, 0.29) is 0 Å². The zero-order valence-electron chi connectivity index (χ0n) is 10.6. The fourth-order valence-corrected chi connectivity index (χ4v) is 3.13. The number of aliphatic hydroxyl groups is 1. The lowest BCUT2D eigenvalue weighted by molar-refractivity contribution is 0.0641. The molecule has 0 aromatic heterocycles. The second-order valence-corrected chi connectivity index (χ2v) is 5.68. The van der Waals surface area contributed by atoms with Crippen LogP contribution < -0.4 is 0 Å². The zero-order valence-corrected chi connectivity index (χ0v) is 11.3. The van der Waals surface area contributed by atoms with Gasteiger partial charge in [-0.3, -0.25) is 0 Å². The summed E-state index contributed by atoms with van der Waals surface area (Å²) in [5, 5.41) is 20.6. The van der Waals surface area contributed by atoms with E-state index in [0.717, 1.165) is 31.2 Å². The lowest BCUT2D eigenvalue weighted by atomic mass is 9.78. The molecule has 2 nitrogen and oxygen atoms in total. The Morgan fingerprint density at radius 2 is 2.39 bits per heavy atom. The first-order valence-corrected chi connectivity index (χ1v) is 6.84. The van der Waals surface area contributed by atoms with Crippen molar-refractivity contribution in [2.45, 2.75) is 38.7 Å². The molecule has 1 aromatic rings. The number of aliphatic hydroxyl groups excluding tert-OH is 1. The molecule has 3 atom stereocenters. The van der Waals surface area contributed by atoms with Gasteiger partial charge in [-0.2, -0.15) is 5.26 Å². The van der Waals surface area contributed by atoms with Crippen molar-refractivity contribution in [3.8, 4) is 6.07 Å². The molecule has 0 bridgehead atoms. The highest BCUT2D eigenvalue weighted by Crippen LogP contribution is 2.50. The fraction of sp³-hybridized carbons (Fsp3) is 0.533. The Hall–Kier alpha value is -1.04. The monoisotopic (exact) mass is 263 g/mol. The van der Waals surface area contributed by atoms with Crippen molar-refractivity contribution < 1.29 is 5.11 Å². The molecule has 18 heavy (non-hydrogen) atoms. The number of hydrogen-bond acceptors (Lipinski definition) is 2. The van der Waals surface area contributed by atoms with Gasteiger partial charge in [0, 0.05) is 5.02 Å². The van der Waals surface area contributed by atoms with E-state index in [9.17, 15) is 10.4 Å². The topological polar surface area (TPSA) is 44.0 Å². The standard InChI is InChI=1S/C15H18ClNO/c1-2-11-6-7-15(9-11,10-17)14(18)12-4-3-5-13(16)8-12/h3-5,8,11,14,18H,2,6-7,9H2,1H3. The Kier molecular flexibility index (Phi) is 3.94. The second-order valence-electron chi connectivity index (χ2n) is 5.24. The maximum atomic E-state index is 10.5. The van der Waals surface area contributed by atoms with E-state index >= 15 is 0 Å². The molecule has 0 aliphatic heterocycles. The number of rotatable bonds is 3. The van der Waals surface area contributed by atoms with Crippen LogP contribution in [-0.2, 0) is 0 Å². The number of hydrogen-bond donors (Lipinski definition) is 1. The van der Waals surface area contributed by atoms with Gasteiger partial charge in [0.2, 0.25) is 0 Å². The molecule has 1 aliphatic rings. The van der Waals surface area contributed by atoms with Crippen LogP contribution in [-0.4, -0.2) is 5.11 Å². The van der Waals surface area contributed by atoms with Crippen LogP contribution in [0.5, 0.6) is 0 Å². The van der Waals surface area contributed by atoms with Gasteiger partial charge in [0.1, 0.15) is 0 Å². The van der Waals surface area contributed by atoms with Crippen LogP contribution in [0.15, 0.2) is 24.3 Å². The van der Waals surface area contributed by atoms with Crippen molar-refractivity contribution in [2.75, 3.05) is 0 Å². The molecule has 0 heterocycles. The summed E-state index contributed by atoms with van der Waals surface area (Å²) in [5.41, 5.74) is 0.117.